The van der Waals surface area contributed by atoms with Crippen molar-refractivity contribution in [3.63, 3.8) is 0 Å². The molecule has 4 nitrogen and oxygen atoms in total. The van der Waals surface area contributed by atoms with Crippen molar-refractivity contribution in [1.82, 2.24) is 5.32 Å². The SMILES string of the molecule is COC1(CNC(=O)c2ccc(N)cc2F)CCC1. The van der Waals surface area contributed by atoms with Gasteiger partial charge in [0.1, 0.15) is 5.82 Å². The number of carbonyl (C=O) groups excluding carboxylic acids is 1. The summed E-state index contributed by atoms with van der Waals surface area (Å²) in [5.41, 5.74) is 5.48. The number of benzene rings is 1. The van der Waals surface area contributed by atoms with Gasteiger partial charge in [-0.15, -0.1) is 0 Å². The predicted molar refractivity (Wildman–Crippen MR) is 66.7 cm³/mol. The first-order chi connectivity index (χ1) is 8.56. The Morgan fingerprint density at radius 3 is 2.78 bits per heavy atom. The molecule has 18 heavy (non-hydrogen) atoms. The Labute approximate surface area is 105 Å². The van der Waals surface area contributed by atoms with E-state index < -0.39 is 11.7 Å². The lowest BCUT2D eigenvalue weighted by molar-refractivity contribution is -0.0679. The number of ether oxygens (including phenoxy) is 1. The van der Waals surface area contributed by atoms with Gasteiger partial charge in [0.25, 0.3) is 5.91 Å². The summed E-state index contributed by atoms with van der Waals surface area (Å²) in [5, 5.41) is 2.71. The van der Waals surface area contributed by atoms with E-state index in [1.54, 1.807) is 7.11 Å². The third kappa shape index (κ3) is 2.46. The summed E-state index contributed by atoms with van der Waals surface area (Å²) in [4.78, 5) is 11.8. The minimum absolute atomic E-state index is 0.00905. The maximum atomic E-state index is 13.5. The Hall–Kier alpha value is -1.62. The molecule has 3 N–H and O–H groups in total. The number of hydrogen-bond donors (Lipinski definition) is 2. The molecule has 0 bridgehead atoms. The predicted octanol–water partition coefficient (Wildman–Crippen LogP) is 1.71. The Morgan fingerprint density at radius 2 is 2.28 bits per heavy atom. The molecular weight excluding hydrogens is 235 g/mol. The molecule has 1 aromatic carbocycles. The largest absolute Gasteiger partial charge is 0.399 e. The van der Waals surface area contributed by atoms with E-state index in [-0.39, 0.29) is 11.2 Å². The molecule has 1 saturated carbocycles. The summed E-state index contributed by atoms with van der Waals surface area (Å²) < 4.78 is 18.9. The molecule has 2 rings (SSSR count). The van der Waals surface area contributed by atoms with Crippen LogP contribution in [0.25, 0.3) is 0 Å². The molecule has 5 heteroatoms. The molecule has 0 heterocycles. The van der Waals surface area contributed by atoms with Crippen molar-refractivity contribution in [2.45, 2.75) is 24.9 Å². The number of rotatable bonds is 4. The first-order valence-corrected chi connectivity index (χ1v) is 5.95. The summed E-state index contributed by atoms with van der Waals surface area (Å²) in [6.45, 7) is 0.409. The number of hydrogen-bond acceptors (Lipinski definition) is 3. The lowest BCUT2D eigenvalue weighted by Gasteiger charge is -2.40. The van der Waals surface area contributed by atoms with Gasteiger partial charge >= 0.3 is 0 Å². The van der Waals surface area contributed by atoms with E-state index >= 15 is 0 Å². The molecule has 1 amide bonds. The van der Waals surface area contributed by atoms with Gasteiger partial charge in [0.05, 0.1) is 11.2 Å². The molecule has 1 aliphatic rings. The maximum Gasteiger partial charge on any atom is 0.254 e. The summed E-state index contributed by atoms with van der Waals surface area (Å²) in [6.07, 6.45) is 2.95. The van der Waals surface area contributed by atoms with Gasteiger partial charge in [-0.25, -0.2) is 4.39 Å². The van der Waals surface area contributed by atoms with Crippen molar-refractivity contribution in [3.05, 3.63) is 29.6 Å². The van der Waals surface area contributed by atoms with E-state index in [4.69, 9.17) is 10.5 Å². The smallest absolute Gasteiger partial charge is 0.254 e. The van der Waals surface area contributed by atoms with Crippen LogP contribution in [0.4, 0.5) is 10.1 Å². The van der Waals surface area contributed by atoms with E-state index in [0.29, 0.717) is 12.2 Å². The summed E-state index contributed by atoms with van der Waals surface area (Å²) >= 11 is 0. The van der Waals surface area contributed by atoms with Crippen LogP contribution in [0.1, 0.15) is 29.6 Å². The number of nitrogens with one attached hydrogen (secondary N) is 1. The monoisotopic (exact) mass is 252 g/mol. The molecule has 98 valence electrons. The molecular formula is C13H17FN2O2. The normalized spacial score (nSPS) is 17.0. The van der Waals surface area contributed by atoms with Gasteiger partial charge in [0, 0.05) is 19.3 Å². The third-order valence-corrected chi connectivity index (χ3v) is 3.51. The van der Waals surface area contributed by atoms with Crippen LogP contribution in [0.2, 0.25) is 0 Å². The number of halogens is 1. The highest BCUT2D eigenvalue weighted by atomic mass is 19.1. The van der Waals surface area contributed by atoms with Gasteiger partial charge in [-0.05, 0) is 37.5 Å². The second-order valence-electron chi connectivity index (χ2n) is 4.66. The van der Waals surface area contributed by atoms with Gasteiger partial charge in [-0.3, -0.25) is 4.79 Å². The minimum Gasteiger partial charge on any atom is -0.399 e. The molecule has 0 spiro atoms. The van der Waals surface area contributed by atoms with Gasteiger partial charge in [-0.2, -0.15) is 0 Å². The molecule has 0 atom stereocenters. The Bertz CT molecular complexity index is 453. The zero-order valence-electron chi connectivity index (χ0n) is 10.3. The van der Waals surface area contributed by atoms with Crippen molar-refractivity contribution >= 4 is 11.6 Å². The maximum absolute atomic E-state index is 13.5. The van der Waals surface area contributed by atoms with Gasteiger partial charge in [0.15, 0.2) is 0 Å². The molecule has 0 radical (unpaired) electrons. The Balaban J connectivity index is 1.99. The second kappa shape index (κ2) is 4.94. The number of amides is 1. The van der Waals surface area contributed by atoms with Gasteiger partial charge < -0.3 is 15.8 Å². The molecule has 1 aromatic rings. The van der Waals surface area contributed by atoms with Crippen LogP contribution >= 0.6 is 0 Å². The highest BCUT2D eigenvalue weighted by Gasteiger charge is 2.37. The number of methoxy groups -OCH3 is 1. The van der Waals surface area contributed by atoms with Crippen molar-refractivity contribution in [2.75, 3.05) is 19.4 Å². The minimum atomic E-state index is -0.604. The Kier molecular flexibility index (Phi) is 3.52. The molecule has 0 aliphatic heterocycles. The highest BCUT2D eigenvalue weighted by Crippen LogP contribution is 2.34. The zero-order valence-corrected chi connectivity index (χ0v) is 10.3. The van der Waals surface area contributed by atoms with E-state index in [1.165, 1.54) is 12.1 Å². The first kappa shape index (κ1) is 12.8. The average Bonchev–Trinajstić information content (AvgIpc) is 2.27. The van der Waals surface area contributed by atoms with E-state index in [9.17, 15) is 9.18 Å². The highest BCUT2D eigenvalue weighted by molar-refractivity contribution is 5.94. The van der Waals surface area contributed by atoms with E-state index in [1.807, 2.05) is 0 Å². The van der Waals surface area contributed by atoms with Crippen molar-refractivity contribution in [1.29, 1.82) is 0 Å². The van der Waals surface area contributed by atoms with Crippen LogP contribution in [0, 0.1) is 5.82 Å². The number of nitrogen functional groups attached to an aromatic ring is 1. The lowest BCUT2D eigenvalue weighted by Crippen LogP contribution is -2.49. The summed E-state index contributed by atoms with van der Waals surface area (Å²) in [5.74, 6) is -1.04. The number of anilines is 1. The first-order valence-electron chi connectivity index (χ1n) is 5.95. The molecule has 0 saturated heterocycles. The van der Waals surface area contributed by atoms with Crippen molar-refractivity contribution in [2.24, 2.45) is 0 Å². The van der Waals surface area contributed by atoms with Gasteiger partial charge in [-0.1, -0.05) is 0 Å². The van der Waals surface area contributed by atoms with Crippen LogP contribution in [-0.2, 0) is 4.74 Å². The van der Waals surface area contributed by atoms with Crippen LogP contribution in [-0.4, -0.2) is 25.2 Å². The topological polar surface area (TPSA) is 64.3 Å². The molecule has 1 aliphatic carbocycles. The van der Waals surface area contributed by atoms with Crippen molar-refractivity contribution in [3.8, 4) is 0 Å². The fourth-order valence-corrected chi connectivity index (χ4v) is 2.08. The van der Waals surface area contributed by atoms with E-state index in [0.717, 1.165) is 25.3 Å². The third-order valence-electron chi connectivity index (χ3n) is 3.51. The molecule has 0 unspecified atom stereocenters. The van der Waals surface area contributed by atoms with Crippen LogP contribution in [0.15, 0.2) is 18.2 Å². The quantitative estimate of drug-likeness (QED) is 0.802. The van der Waals surface area contributed by atoms with Crippen LogP contribution in [0.3, 0.4) is 0 Å². The average molecular weight is 252 g/mol. The zero-order chi connectivity index (χ0) is 13.2. The van der Waals surface area contributed by atoms with E-state index in [2.05, 4.69) is 5.32 Å². The summed E-state index contributed by atoms with van der Waals surface area (Å²) in [6, 6.07) is 4.04. The fourth-order valence-electron chi connectivity index (χ4n) is 2.08. The van der Waals surface area contributed by atoms with Crippen molar-refractivity contribution < 1.29 is 13.9 Å². The number of carbonyl (C=O) groups is 1. The Morgan fingerprint density at radius 1 is 1.56 bits per heavy atom. The molecule has 1 fully saturated rings. The number of nitrogens with two attached hydrogens (primary N) is 1. The fraction of sp³-hybridized carbons (Fsp3) is 0.462. The van der Waals surface area contributed by atoms with Crippen LogP contribution in [0.5, 0.6) is 0 Å². The second-order valence-corrected chi connectivity index (χ2v) is 4.66. The van der Waals surface area contributed by atoms with Crippen LogP contribution < -0.4 is 11.1 Å². The lowest BCUT2D eigenvalue weighted by atomic mass is 9.80. The standard InChI is InChI=1S/C13H17FN2O2/c1-18-13(5-2-6-13)8-16-12(17)10-4-3-9(15)7-11(10)14/h3-4,7H,2,5-6,8,15H2,1H3,(H,16,17). The molecule has 0 aromatic heterocycles. The summed E-state index contributed by atoms with van der Waals surface area (Å²) in [7, 11) is 1.63. The van der Waals surface area contributed by atoms with Gasteiger partial charge in [0.2, 0.25) is 0 Å².